The van der Waals surface area contributed by atoms with Gasteiger partial charge in [0.15, 0.2) is 0 Å². The van der Waals surface area contributed by atoms with E-state index in [1.807, 2.05) is 31.2 Å². The number of halogens is 1. The van der Waals surface area contributed by atoms with Crippen LogP contribution in [0.4, 0.5) is 4.39 Å². The van der Waals surface area contributed by atoms with Crippen molar-refractivity contribution >= 4 is 21.6 Å². The number of fused-ring (bicyclic) bond motifs is 1. The van der Waals surface area contributed by atoms with Crippen molar-refractivity contribution in [3.63, 3.8) is 0 Å². The lowest BCUT2D eigenvalue weighted by molar-refractivity contribution is 0.299. The predicted octanol–water partition coefficient (Wildman–Crippen LogP) is 4.03. The highest BCUT2D eigenvalue weighted by Gasteiger charge is 2.11. The van der Waals surface area contributed by atoms with E-state index in [9.17, 15) is 4.39 Å². The van der Waals surface area contributed by atoms with E-state index in [-0.39, 0.29) is 11.9 Å². The van der Waals surface area contributed by atoms with Gasteiger partial charge in [0.05, 0.1) is 10.2 Å². The van der Waals surface area contributed by atoms with Crippen molar-refractivity contribution in [2.24, 2.45) is 5.73 Å². The zero-order valence-corrected chi connectivity index (χ0v) is 12.4. The predicted molar refractivity (Wildman–Crippen MR) is 83.0 cm³/mol. The van der Waals surface area contributed by atoms with Gasteiger partial charge in [-0.15, -0.1) is 11.3 Å². The zero-order chi connectivity index (χ0) is 14.8. The fraction of sp³-hybridized carbons (Fsp3) is 0.188. The molecule has 0 fully saturated rings. The molecule has 5 heteroatoms. The molecular weight excluding hydrogens is 287 g/mol. The van der Waals surface area contributed by atoms with Gasteiger partial charge in [-0.1, -0.05) is 18.2 Å². The van der Waals surface area contributed by atoms with Crippen LogP contribution in [0.25, 0.3) is 10.2 Å². The van der Waals surface area contributed by atoms with Crippen LogP contribution >= 0.6 is 11.3 Å². The smallest absolute Gasteiger partial charge is 0.140 e. The molecule has 1 heterocycles. The lowest BCUT2D eigenvalue weighted by atomic mass is 10.1. The van der Waals surface area contributed by atoms with Crippen molar-refractivity contribution in [3.05, 3.63) is 58.9 Å². The molecule has 0 amide bonds. The average molecular weight is 302 g/mol. The molecule has 0 aliphatic carbocycles. The lowest BCUT2D eigenvalue weighted by Gasteiger charge is -2.13. The highest BCUT2D eigenvalue weighted by atomic mass is 32.1. The Morgan fingerprint density at radius 3 is 2.86 bits per heavy atom. The second-order valence-corrected chi connectivity index (χ2v) is 5.95. The Labute approximate surface area is 126 Å². The van der Waals surface area contributed by atoms with Crippen LogP contribution in [-0.4, -0.2) is 4.98 Å². The molecule has 0 bridgehead atoms. The van der Waals surface area contributed by atoms with Gasteiger partial charge in [-0.05, 0) is 25.1 Å². The minimum absolute atomic E-state index is 0.212. The third-order valence-corrected chi connectivity index (χ3v) is 4.17. The van der Waals surface area contributed by atoms with E-state index in [1.54, 1.807) is 17.4 Å². The summed E-state index contributed by atoms with van der Waals surface area (Å²) in [5.41, 5.74) is 7.62. The number of nitrogens with zero attached hydrogens (tertiary/aromatic N) is 1. The average Bonchev–Trinajstić information content (AvgIpc) is 2.87. The molecule has 108 valence electrons. The summed E-state index contributed by atoms with van der Waals surface area (Å²) in [6, 6.07) is 12.1. The van der Waals surface area contributed by atoms with Crippen LogP contribution in [0.3, 0.4) is 0 Å². The van der Waals surface area contributed by atoms with E-state index in [0.29, 0.717) is 12.4 Å². The Hall–Kier alpha value is -1.98. The van der Waals surface area contributed by atoms with Gasteiger partial charge in [0.25, 0.3) is 0 Å². The van der Waals surface area contributed by atoms with E-state index in [1.165, 1.54) is 12.1 Å². The zero-order valence-electron chi connectivity index (χ0n) is 11.5. The van der Waals surface area contributed by atoms with Gasteiger partial charge in [-0.3, -0.25) is 0 Å². The van der Waals surface area contributed by atoms with Crippen molar-refractivity contribution in [2.45, 2.75) is 19.6 Å². The Kier molecular flexibility index (Phi) is 3.86. The van der Waals surface area contributed by atoms with Crippen molar-refractivity contribution in [3.8, 4) is 5.75 Å². The minimum atomic E-state index is -0.335. The number of thiazole rings is 1. The summed E-state index contributed by atoms with van der Waals surface area (Å²) in [6.45, 7) is 2.15. The third-order valence-electron chi connectivity index (χ3n) is 3.16. The second-order valence-electron chi connectivity index (χ2n) is 4.83. The van der Waals surface area contributed by atoms with Gasteiger partial charge < -0.3 is 10.5 Å². The monoisotopic (exact) mass is 302 g/mol. The largest absolute Gasteiger partial charge is 0.486 e. The number of rotatable bonds is 4. The number of aromatic nitrogens is 1. The molecule has 3 aromatic rings. The molecule has 3 nitrogen and oxygen atoms in total. The molecule has 0 saturated carbocycles. The van der Waals surface area contributed by atoms with E-state index in [4.69, 9.17) is 10.5 Å². The fourth-order valence-corrected chi connectivity index (χ4v) is 3.01. The summed E-state index contributed by atoms with van der Waals surface area (Å²) >= 11 is 1.57. The standard InChI is InChI=1S/C16H15FN2OS/c1-10(18)12-7-6-11(17)8-14(12)20-9-16-19-13-4-2-3-5-15(13)21-16/h2-8,10H,9,18H2,1H3/t10-/m1/s1. The van der Waals surface area contributed by atoms with Gasteiger partial charge in [0, 0.05) is 17.7 Å². The third kappa shape index (κ3) is 3.04. The second kappa shape index (κ2) is 5.79. The van der Waals surface area contributed by atoms with Gasteiger partial charge in [-0.25, -0.2) is 9.37 Å². The first-order valence-electron chi connectivity index (χ1n) is 6.66. The van der Waals surface area contributed by atoms with Crippen LogP contribution < -0.4 is 10.5 Å². The van der Waals surface area contributed by atoms with Crippen LogP contribution in [-0.2, 0) is 6.61 Å². The quantitative estimate of drug-likeness (QED) is 0.791. The molecule has 0 radical (unpaired) electrons. The number of ether oxygens (including phenoxy) is 1. The molecular formula is C16H15FN2OS. The van der Waals surface area contributed by atoms with Crippen LogP contribution in [0.5, 0.6) is 5.75 Å². The minimum Gasteiger partial charge on any atom is -0.486 e. The van der Waals surface area contributed by atoms with Crippen molar-refractivity contribution in [1.82, 2.24) is 4.98 Å². The van der Waals surface area contributed by atoms with Crippen LogP contribution in [0.2, 0.25) is 0 Å². The number of hydrogen-bond donors (Lipinski definition) is 1. The Bertz CT molecular complexity index is 737. The van der Waals surface area contributed by atoms with Crippen LogP contribution in [0, 0.1) is 5.82 Å². The maximum absolute atomic E-state index is 13.4. The Balaban J connectivity index is 1.82. The summed E-state index contributed by atoms with van der Waals surface area (Å²) in [5, 5.41) is 0.857. The maximum Gasteiger partial charge on any atom is 0.140 e. The van der Waals surface area contributed by atoms with E-state index in [0.717, 1.165) is 20.8 Å². The summed E-state index contributed by atoms with van der Waals surface area (Å²) < 4.78 is 20.2. The number of benzene rings is 2. The Morgan fingerprint density at radius 2 is 2.10 bits per heavy atom. The summed E-state index contributed by atoms with van der Waals surface area (Å²) in [5.74, 6) is 0.142. The van der Waals surface area contributed by atoms with Gasteiger partial charge in [0.2, 0.25) is 0 Å². The molecule has 0 saturated heterocycles. The van der Waals surface area contributed by atoms with Crippen molar-refractivity contribution in [1.29, 1.82) is 0 Å². The van der Waals surface area contributed by atoms with Crippen LogP contribution in [0.15, 0.2) is 42.5 Å². The molecule has 1 atom stereocenters. The SMILES string of the molecule is C[C@@H](N)c1ccc(F)cc1OCc1nc2ccccc2s1. The number of hydrogen-bond acceptors (Lipinski definition) is 4. The van der Waals surface area contributed by atoms with Gasteiger partial charge in [-0.2, -0.15) is 0 Å². The molecule has 0 spiro atoms. The summed E-state index contributed by atoms with van der Waals surface area (Å²) in [7, 11) is 0. The van der Waals surface area contributed by atoms with E-state index < -0.39 is 0 Å². The Morgan fingerprint density at radius 1 is 1.29 bits per heavy atom. The highest BCUT2D eigenvalue weighted by Crippen LogP contribution is 2.27. The molecule has 0 aliphatic rings. The van der Waals surface area contributed by atoms with E-state index >= 15 is 0 Å². The maximum atomic E-state index is 13.4. The normalized spacial score (nSPS) is 12.5. The topological polar surface area (TPSA) is 48.1 Å². The van der Waals surface area contributed by atoms with Gasteiger partial charge >= 0.3 is 0 Å². The molecule has 0 aliphatic heterocycles. The first-order valence-corrected chi connectivity index (χ1v) is 7.47. The molecule has 2 N–H and O–H groups in total. The highest BCUT2D eigenvalue weighted by molar-refractivity contribution is 7.18. The van der Waals surface area contributed by atoms with Gasteiger partial charge in [0.1, 0.15) is 23.2 Å². The lowest BCUT2D eigenvalue weighted by Crippen LogP contribution is -2.08. The molecule has 1 aromatic heterocycles. The number of nitrogens with two attached hydrogens (primary N) is 1. The van der Waals surface area contributed by atoms with E-state index in [2.05, 4.69) is 4.98 Å². The molecule has 2 aromatic carbocycles. The van der Waals surface area contributed by atoms with Crippen molar-refractivity contribution in [2.75, 3.05) is 0 Å². The first kappa shape index (κ1) is 14.0. The summed E-state index contributed by atoms with van der Waals surface area (Å²) in [4.78, 5) is 4.49. The molecule has 0 unspecified atom stereocenters. The summed E-state index contributed by atoms with van der Waals surface area (Å²) in [6.07, 6.45) is 0. The fourth-order valence-electron chi connectivity index (χ4n) is 2.13. The first-order chi connectivity index (χ1) is 10.1. The number of para-hydroxylation sites is 1. The van der Waals surface area contributed by atoms with Crippen LogP contribution in [0.1, 0.15) is 23.5 Å². The molecule has 21 heavy (non-hydrogen) atoms. The van der Waals surface area contributed by atoms with Crippen molar-refractivity contribution < 1.29 is 9.13 Å². The molecule has 3 rings (SSSR count).